The van der Waals surface area contributed by atoms with E-state index in [1.165, 1.54) is 16.2 Å². The molecule has 218 valence electrons. The van der Waals surface area contributed by atoms with Crippen molar-refractivity contribution >= 4 is 33.3 Å². The molecule has 5 rings (SSSR count). The molecule has 0 bridgehead atoms. The second-order valence-electron chi connectivity index (χ2n) is 11.0. The van der Waals surface area contributed by atoms with Crippen LogP contribution in [0.15, 0.2) is 24.4 Å². The van der Waals surface area contributed by atoms with E-state index in [4.69, 9.17) is 4.98 Å². The van der Waals surface area contributed by atoms with Crippen molar-refractivity contribution < 1.29 is 28.5 Å². The van der Waals surface area contributed by atoms with Crippen LogP contribution in [0.1, 0.15) is 37.2 Å². The number of nitrogens with one attached hydrogen (secondary N) is 1. The molecule has 0 saturated heterocycles. The van der Waals surface area contributed by atoms with Crippen molar-refractivity contribution in [3.63, 3.8) is 0 Å². The number of halogens is 3. The molecule has 41 heavy (non-hydrogen) atoms. The number of anilines is 2. The van der Waals surface area contributed by atoms with Crippen molar-refractivity contribution in [2.45, 2.75) is 64.5 Å². The first-order valence-corrected chi connectivity index (χ1v) is 13.9. The van der Waals surface area contributed by atoms with Gasteiger partial charge in [0.25, 0.3) is 0 Å². The molecule has 1 aliphatic carbocycles. The summed E-state index contributed by atoms with van der Waals surface area (Å²) in [5.41, 5.74) is 0.939. The van der Waals surface area contributed by atoms with Crippen molar-refractivity contribution in [1.29, 1.82) is 0 Å². The molecule has 13 heteroatoms. The molecule has 0 unspecified atom stereocenters. The monoisotopic (exact) mass is 588 g/mol. The number of aryl methyl sites for hydroxylation is 2. The maximum atomic E-state index is 14.4. The summed E-state index contributed by atoms with van der Waals surface area (Å²) in [5.74, 6) is -3.28. The summed E-state index contributed by atoms with van der Waals surface area (Å²) in [7, 11) is 1.55. The molecule has 4 aromatic rings. The molecule has 3 heterocycles. The van der Waals surface area contributed by atoms with Gasteiger partial charge in [-0.2, -0.15) is 4.98 Å². The van der Waals surface area contributed by atoms with E-state index in [1.54, 1.807) is 34.0 Å². The highest BCUT2D eigenvalue weighted by molar-refractivity contribution is 7.21. The zero-order valence-corrected chi connectivity index (χ0v) is 24.0. The molecule has 1 aromatic carbocycles. The molecular weight excluding hydrogens is 557 g/mol. The van der Waals surface area contributed by atoms with Crippen molar-refractivity contribution in [1.82, 2.24) is 19.9 Å². The first-order chi connectivity index (χ1) is 19.2. The Morgan fingerprint density at radius 2 is 1.73 bits per heavy atom. The van der Waals surface area contributed by atoms with Gasteiger partial charge in [0.2, 0.25) is 5.95 Å². The lowest BCUT2D eigenvalue weighted by Crippen LogP contribution is -2.40. The number of thiazole rings is 1. The molecule has 0 amide bonds. The van der Waals surface area contributed by atoms with Crippen LogP contribution in [0.25, 0.3) is 20.8 Å². The van der Waals surface area contributed by atoms with Gasteiger partial charge < -0.3 is 25.5 Å². The minimum atomic E-state index is -1.24. The van der Waals surface area contributed by atoms with Crippen molar-refractivity contribution in [2.75, 3.05) is 17.3 Å². The van der Waals surface area contributed by atoms with Gasteiger partial charge in [0, 0.05) is 36.9 Å². The highest BCUT2D eigenvalue weighted by Crippen LogP contribution is 2.40. The van der Waals surface area contributed by atoms with Gasteiger partial charge in [-0.1, -0.05) is 0 Å². The quantitative estimate of drug-likeness (QED) is 0.252. The Morgan fingerprint density at radius 1 is 1.05 bits per heavy atom. The maximum Gasteiger partial charge on any atom is 0.227 e. The largest absolute Gasteiger partial charge is 0.390 e. The number of fused-ring (bicyclic) bond motifs is 1. The van der Waals surface area contributed by atoms with Gasteiger partial charge in [-0.25, -0.2) is 23.1 Å². The second-order valence-corrected chi connectivity index (χ2v) is 12.1. The molecule has 0 spiro atoms. The smallest absolute Gasteiger partial charge is 0.227 e. The van der Waals surface area contributed by atoms with E-state index in [9.17, 15) is 28.5 Å². The Kier molecular flexibility index (Phi) is 7.66. The first-order valence-electron chi connectivity index (χ1n) is 13.0. The Labute approximate surface area is 238 Å². The Morgan fingerprint density at radius 3 is 2.34 bits per heavy atom. The lowest BCUT2D eigenvalue weighted by atomic mass is 9.88. The van der Waals surface area contributed by atoms with Gasteiger partial charge in [0.05, 0.1) is 45.9 Å². The van der Waals surface area contributed by atoms with Gasteiger partial charge in [-0.3, -0.25) is 4.98 Å². The molecule has 0 aliphatic heterocycles. The maximum absolute atomic E-state index is 14.4. The average Bonchev–Trinajstić information content (AvgIpc) is 3.43. The molecule has 4 atom stereocenters. The fourth-order valence-electron chi connectivity index (χ4n) is 5.26. The standard InChI is InChI=1S/C28H31F3N6O3S/c1-12-21(26-35-22-13(2)32-7-6-20(22)41-26)25(34-19-10-16(28(3,4)40)23(38)24(19)39)36-27(33-12)37(5)11-15-17(30)8-14(29)9-18(15)31/h6-9,16,19,23-24,38-40H,10-11H2,1-5H3,(H,33,34,36)/t16-,19+,23+,24-/m0/s1. The summed E-state index contributed by atoms with van der Waals surface area (Å²) >= 11 is 1.41. The lowest BCUT2D eigenvalue weighted by Gasteiger charge is -2.28. The first kappa shape index (κ1) is 29.1. The van der Waals surface area contributed by atoms with Crippen LogP contribution in [-0.2, 0) is 6.54 Å². The third-order valence-corrected chi connectivity index (χ3v) is 8.57. The molecule has 1 saturated carbocycles. The minimum Gasteiger partial charge on any atom is -0.390 e. The van der Waals surface area contributed by atoms with Crippen LogP contribution >= 0.6 is 11.3 Å². The summed E-state index contributed by atoms with van der Waals surface area (Å²) < 4.78 is 43.2. The molecular formula is C28H31F3N6O3S. The second kappa shape index (κ2) is 10.8. The van der Waals surface area contributed by atoms with E-state index in [0.29, 0.717) is 28.4 Å². The molecule has 3 aromatic heterocycles. The molecule has 0 radical (unpaired) electrons. The zero-order valence-electron chi connectivity index (χ0n) is 23.2. The number of aliphatic hydroxyl groups excluding tert-OH is 2. The normalized spacial score (nSPS) is 21.0. The van der Waals surface area contributed by atoms with Crippen molar-refractivity contribution in [2.24, 2.45) is 5.92 Å². The third kappa shape index (κ3) is 5.59. The lowest BCUT2D eigenvalue weighted by molar-refractivity contribution is -0.0601. The number of aliphatic hydroxyl groups is 3. The van der Waals surface area contributed by atoms with Gasteiger partial charge in [0.1, 0.15) is 39.9 Å². The molecule has 4 N–H and O–H groups in total. The summed E-state index contributed by atoms with van der Waals surface area (Å²) in [6.45, 7) is 6.47. The average molecular weight is 589 g/mol. The fourth-order valence-corrected chi connectivity index (χ4v) is 6.37. The van der Waals surface area contributed by atoms with Crippen LogP contribution in [0.5, 0.6) is 0 Å². The van der Waals surface area contributed by atoms with E-state index < -0.39 is 47.2 Å². The highest BCUT2D eigenvalue weighted by atomic mass is 32.1. The van der Waals surface area contributed by atoms with E-state index in [0.717, 1.165) is 15.9 Å². The van der Waals surface area contributed by atoms with Crippen LogP contribution in [0, 0.1) is 37.2 Å². The Hall–Kier alpha value is -3.39. The minimum absolute atomic E-state index is 0.114. The predicted molar refractivity (Wildman–Crippen MR) is 150 cm³/mol. The summed E-state index contributed by atoms with van der Waals surface area (Å²) in [6.07, 6.45) is -0.448. The molecule has 1 aliphatic rings. The summed E-state index contributed by atoms with van der Waals surface area (Å²) in [4.78, 5) is 19.8. The number of aromatic nitrogens is 4. The number of hydrogen-bond acceptors (Lipinski definition) is 10. The van der Waals surface area contributed by atoms with Gasteiger partial charge in [-0.05, 0) is 40.2 Å². The van der Waals surface area contributed by atoms with Crippen LogP contribution in [-0.4, -0.2) is 66.2 Å². The SMILES string of the molecule is Cc1nc(N(C)Cc2c(F)cc(F)cc2F)nc(N[C@@H]2C[C@H](C(C)(C)O)[C@@H](O)[C@H]2O)c1-c1nc2c(C)nccc2s1. The van der Waals surface area contributed by atoms with E-state index in [2.05, 4.69) is 20.3 Å². The number of rotatable bonds is 7. The van der Waals surface area contributed by atoms with E-state index >= 15 is 0 Å². The predicted octanol–water partition coefficient (Wildman–Crippen LogP) is 4.11. The molecule has 1 fully saturated rings. The van der Waals surface area contributed by atoms with Crippen molar-refractivity contribution in [3.05, 3.63) is 58.8 Å². The molecule has 9 nitrogen and oxygen atoms in total. The van der Waals surface area contributed by atoms with Crippen LogP contribution in [0.3, 0.4) is 0 Å². The Balaban J connectivity index is 1.58. The Bertz CT molecular complexity index is 1590. The summed E-state index contributed by atoms with van der Waals surface area (Å²) in [6, 6.07) is 2.40. The highest BCUT2D eigenvalue weighted by Gasteiger charge is 2.48. The number of hydrogen-bond donors (Lipinski definition) is 4. The number of pyridine rings is 1. The van der Waals surface area contributed by atoms with Crippen LogP contribution in [0.2, 0.25) is 0 Å². The van der Waals surface area contributed by atoms with Gasteiger partial charge >= 0.3 is 0 Å². The van der Waals surface area contributed by atoms with Gasteiger partial charge in [-0.15, -0.1) is 11.3 Å². The van der Waals surface area contributed by atoms with E-state index in [1.807, 2.05) is 13.0 Å². The third-order valence-electron chi connectivity index (χ3n) is 7.54. The van der Waals surface area contributed by atoms with Gasteiger partial charge in [0.15, 0.2) is 0 Å². The van der Waals surface area contributed by atoms with Crippen LogP contribution < -0.4 is 10.2 Å². The fraction of sp³-hybridized carbons (Fsp3) is 0.429. The topological polar surface area (TPSA) is 128 Å². The zero-order chi connectivity index (χ0) is 29.8. The van der Waals surface area contributed by atoms with E-state index in [-0.39, 0.29) is 30.3 Å². The van der Waals surface area contributed by atoms with Crippen molar-refractivity contribution in [3.8, 4) is 10.6 Å². The van der Waals surface area contributed by atoms with Crippen LogP contribution in [0.4, 0.5) is 24.9 Å². The summed E-state index contributed by atoms with van der Waals surface area (Å²) in [5, 5.41) is 35.9. The number of benzene rings is 1. The number of nitrogens with zero attached hydrogens (tertiary/aromatic N) is 5.